The highest BCUT2D eigenvalue weighted by atomic mass is 32.2. The molecular formula is C14H19FN4O2S. The Balaban J connectivity index is 2.15. The summed E-state index contributed by atoms with van der Waals surface area (Å²) in [6.07, 6.45) is 2.49. The van der Waals surface area contributed by atoms with Crippen LogP contribution in [0.15, 0.2) is 41.6 Å². The van der Waals surface area contributed by atoms with E-state index in [1.54, 1.807) is 12.1 Å². The predicted molar refractivity (Wildman–Crippen MR) is 81.8 cm³/mol. The zero-order chi connectivity index (χ0) is 16.2. The van der Waals surface area contributed by atoms with E-state index in [2.05, 4.69) is 15.1 Å². The molecule has 2 rings (SSSR count). The first kappa shape index (κ1) is 16.6. The fourth-order valence-electron chi connectivity index (χ4n) is 1.95. The zero-order valence-electron chi connectivity index (χ0n) is 12.5. The summed E-state index contributed by atoms with van der Waals surface area (Å²) in [6, 6.07) is 6.05. The van der Waals surface area contributed by atoms with Gasteiger partial charge in [-0.3, -0.25) is 0 Å². The molecule has 0 aliphatic heterocycles. The van der Waals surface area contributed by atoms with E-state index < -0.39 is 15.8 Å². The number of nitrogens with zero attached hydrogens (tertiary/aromatic N) is 2. The lowest BCUT2D eigenvalue weighted by atomic mass is 10.3. The monoisotopic (exact) mass is 326 g/mol. The van der Waals surface area contributed by atoms with Gasteiger partial charge in [0.25, 0.3) is 0 Å². The van der Waals surface area contributed by atoms with Gasteiger partial charge in [0.15, 0.2) is 0 Å². The minimum absolute atomic E-state index is 0.000508. The molecule has 0 radical (unpaired) electrons. The summed E-state index contributed by atoms with van der Waals surface area (Å²) in [7, 11) is -3.67. The van der Waals surface area contributed by atoms with Gasteiger partial charge in [-0.1, -0.05) is 19.1 Å². The van der Waals surface area contributed by atoms with E-state index in [1.807, 2.05) is 13.8 Å². The lowest BCUT2D eigenvalue weighted by Gasteiger charge is -2.12. The Bertz CT molecular complexity index is 730. The van der Waals surface area contributed by atoms with Crippen molar-refractivity contribution in [1.29, 1.82) is 0 Å². The molecule has 2 N–H and O–H groups in total. The van der Waals surface area contributed by atoms with E-state index in [1.165, 1.54) is 29.2 Å². The highest BCUT2D eigenvalue weighted by Crippen LogP contribution is 2.15. The fraction of sp³-hybridized carbons (Fsp3) is 0.357. The molecule has 1 aromatic heterocycles. The number of nitrogens with one attached hydrogen (secondary N) is 2. The molecule has 0 fully saturated rings. The van der Waals surface area contributed by atoms with Crippen molar-refractivity contribution in [3.63, 3.8) is 0 Å². The minimum Gasteiger partial charge on any atom is -0.313 e. The lowest BCUT2D eigenvalue weighted by molar-refractivity contribution is 0.536. The number of likely N-dealkylation sites (N-methyl/N-ethyl adjacent to an activating group) is 1. The third kappa shape index (κ3) is 3.90. The number of hydrogen-bond donors (Lipinski definition) is 2. The average molecular weight is 326 g/mol. The van der Waals surface area contributed by atoms with Crippen molar-refractivity contribution < 1.29 is 12.8 Å². The molecule has 0 aliphatic carbocycles. The Labute approximate surface area is 129 Å². The molecule has 0 amide bonds. The van der Waals surface area contributed by atoms with Crippen LogP contribution in [0.5, 0.6) is 0 Å². The molecule has 0 aliphatic rings. The van der Waals surface area contributed by atoms with Gasteiger partial charge in [-0.2, -0.15) is 5.10 Å². The van der Waals surface area contributed by atoms with Crippen molar-refractivity contribution in [2.75, 3.05) is 13.1 Å². The molecular weight excluding hydrogens is 307 g/mol. The largest absolute Gasteiger partial charge is 0.313 e. The second-order valence-corrected chi connectivity index (χ2v) is 6.65. The number of hydrogen-bond acceptors (Lipinski definition) is 4. The standard InChI is InChI=1S/C14H19FN4O2S/c1-3-16-11(2)8-18-22(20,21)12-9-17-19(10-12)14-7-5-4-6-13(14)15/h4-7,9-11,16,18H,3,8H2,1-2H3/t11-/m1/s1. The van der Waals surface area contributed by atoms with Crippen LogP contribution in [-0.2, 0) is 10.0 Å². The summed E-state index contributed by atoms with van der Waals surface area (Å²) >= 11 is 0. The van der Waals surface area contributed by atoms with Crippen molar-refractivity contribution in [2.45, 2.75) is 24.8 Å². The van der Waals surface area contributed by atoms with Crippen LogP contribution in [-0.4, -0.2) is 37.3 Å². The molecule has 1 heterocycles. The van der Waals surface area contributed by atoms with Crippen LogP contribution in [0.25, 0.3) is 5.69 Å². The number of benzene rings is 1. The molecule has 0 spiro atoms. The Morgan fingerprint density at radius 2 is 2.09 bits per heavy atom. The smallest absolute Gasteiger partial charge is 0.243 e. The molecule has 22 heavy (non-hydrogen) atoms. The maximum Gasteiger partial charge on any atom is 0.243 e. The molecule has 0 bridgehead atoms. The van der Waals surface area contributed by atoms with Crippen LogP contribution in [0.2, 0.25) is 0 Å². The van der Waals surface area contributed by atoms with E-state index >= 15 is 0 Å². The number of aromatic nitrogens is 2. The summed E-state index contributed by atoms with van der Waals surface area (Å²) in [5, 5.41) is 7.03. The predicted octanol–water partition coefficient (Wildman–Crippen LogP) is 1.29. The van der Waals surface area contributed by atoms with Gasteiger partial charge in [0.05, 0.1) is 12.4 Å². The third-order valence-electron chi connectivity index (χ3n) is 3.10. The highest BCUT2D eigenvalue weighted by Gasteiger charge is 2.18. The molecule has 1 atom stereocenters. The van der Waals surface area contributed by atoms with Crippen molar-refractivity contribution in [2.24, 2.45) is 0 Å². The van der Waals surface area contributed by atoms with Crippen LogP contribution in [0.3, 0.4) is 0 Å². The summed E-state index contributed by atoms with van der Waals surface area (Å²) in [6.45, 7) is 4.85. The van der Waals surface area contributed by atoms with Gasteiger partial charge < -0.3 is 5.32 Å². The maximum atomic E-state index is 13.7. The molecule has 0 saturated carbocycles. The van der Waals surface area contributed by atoms with Gasteiger partial charge >= 0.3 is 0 Å². The third-order valence-corrected chi connectivity index (χ3v) is 4.48. The van der Waals surface area contributed by atoms with E-state index in [0.717, 1.165) is 6.54 Å². The first-order chi connectivity index (χ1) is 10.4. The van der Waals surface area contributed by atoms with Crippen molar-refractivity contribution in [3.05, 3.63) is 42.5 Å². The summed E-state index contributed by atoms with van der Waals surface area (Å²) in [5.74, 6) is -0.469. The van der Waals surface area contributed by atoms with E-state index in [-0.39, 0.29) is 23.2 Å². The van der Waals surface area contributed by atoms with Gasteiger partial charge in [0.2, 0.25) is 10.0 Å². The van der Waals surface area contributed by atoms with Crippen LogP contribution >= 0.6 is 0 Å². The second-order valence-electron chi connectivity index (χ2n) is 4.88. The molecule has 2 aromatic rings. The molecule has 1 aromatic carbocycles. The van der Waals surface area contributed by atoms with Crippen molar-refractivity contribution >= 4 is 10.0 Å². The Morgan fingerprint density at radius 3 is 2.77 bits per heavy atom. The van der Waals surface area contributed by atoms with Gasteiger partial charge in [0, 0.05) is 12.6 Å². The fourth-order valence-corrected chi connectivity index (χ4v) is 3.01. The highest BCUT2D eigenvalue weighted by molar-refractivity contribution is 7.89. The first-order valence-corrected chi connectivity index (χ1v) is 8.45. The van der Waals surface area contributed by atoms with Gasteiger partial charge in [-0.25, -0.2) is 22.2 Å². The molecule has 0 unspecified atom stereocenters. The number of sulfonamides is 1. The van der Waals surface area contributed by atoms with E-state index in [4.69, 9.17) is 0 Å². The summed E-state index contributed by atoms with van der Waals surface area (Å²) in [4.78, 5) is -0.000508. The summed E-state index contributed by atoms with van der Waals surface area (Å²) < 4.78 is 41.8. The van der Waals surface area contributed by atoms with Crippen LogP contribution < -0.4 is 10.0 Å². The zero-order valence-corrected chi connectivity index (χ0v) is 13.3. The maximum absolute atomic E-state index is 13.7. The van der Waals surface area contributed by atoms with Gasteiger partial charge in [-0.15, -0.1) is 0 Å². The van der Waals surface area contributed by atoms with Gasteiger partial charge in [0.1, 0.15) is 16.4 Å². The first-order valence-electron chi connectivity index (χ1n) is 6.96. The minimum atomic E-state index is -3.67. The number of halogens is 1. The van der Waals surface area contributed by atoms with Crippen LogP contribution in [0.4, 0.5) is 4.39 Å². The Hall–Kier alpha value is -1.77. The molecule has 8 heteroatoms. The normalized spacial score (nSPS) is 13.2. The second kappa shape index (κ2) is 6.99. The van der Waals surface area contributed by atoms with Crippen LogP contribution in [0.1, 0.15) is 13.8 Å². The molecule has 0 saturated heterocycles. The number of para-hydroxylation sites is 1. The van der Waals surface area contributed by atoms with Crippen molar-refractivity contribution in [3.8, 4) is 5.69 Å². The topological polar surface area (TPSA) is 76.0 Å². The Kier molecular flexibility index (Phi) is 5.28. The molecule has 6 nitrogen and oxygen atoms in total. The van der Waals surface area contributed by atoms with E-state index in [9.17, 15) is 12.8 Å². The quantitative estimate of drug-likeness (QED) is 0.804. The van der Waals surface area contributed by atoms with Crippen LogP contribution in [0, 0.1) is 5.82 Å². The lowest BCUT2D eigenvalue weighted by Crippen LogP contribution is -2.38. The molecule has 120 valence electrons. The van der Waals surface area contributed by atoms with E-state index in [0.29, 0.717) is 0 Å². The van der Waals surface area contributed by atoms with Crippen molar-refractivity contribution in [1.82, 2.24) is 19.8 Å². The average Bonchev–Trinajstić information content (AvgIpc) is 2.97. The Morgan fingerprint density at radius 1 is 1.36 bits per heavy atom. The SMILES string of the molecule is CCN[C@H](C)CNS(=O)(=O)c1cnn(-c2ccccc2F)c1. The number of rotatable bonds is 7. The summed E-state index contributed by atoms with van der Waals surface area (Å²) in [5.41, 5.74) is 0.199. The van der Waals surface area contributed by atoms with Gasteiger partial charge in [-0.05, 0) is 25.6 Å².